The minimum atomic E-state index is -3.57. The zero-order valence-corrected chi connectivity index (χ0v) is 14.7. The van der Waals surface area contributed by atoms with E-state index in [0.29, 0.717) is 17.8 Å². The third-order valence-corrected chi connectivity index (χ3v) is 5.24. The van der Waals surface area contributed by atoms with Gasteiger partial charge in [0.2, 0.25) is 10.0 Å². The average molecular weight is 347 g/mol. The number of benzene rings is 1. The Morgan fingerprint density at radius 2 is 1.88 bits per heavy atom. The van der Waals surface area contributed by atoms with Crippen LogP contribution in [-0.2, 0) is 10.0 Å². The highest BCUT2D eigenvalue weighted by atomic mass is 32.2. The molecule has 24 heavy (non-hydrogen) atoms. The summed E-state index contributed by atoms with van der Waals surface area (Å²) in [5.74, 6) is 0.147. The Kier molecular flexibility index (Phi) is 5.69. The second-order valence-corrected chi connectivity index (χ2v) is 7.29. The van der Waals surface area contributed by atoms with Gasteiger partial charge in [0.05, 0.1) is 4.90 Å². The van der Waals surface area contributed by atoms with E-state index >= 15 is 0 Å². The summed E-state index contributed by atoms with van der Waals surface area (Å²) in [5, 5.41) is 2.71. The molecule has 0 saturated heterocycles. The third kappa shape index (κ3) is 4.39. The molecule has 1 aromatic heterocycles. The Bertz CT molecular complexity index is 817. The van der Waals surface area contributed by atoms with E-state index in [-0.39, 0.29) is 16.8 Å². The number of hydrogen-bond acceptors (Lipinski definition) is 4. The van der Waals surface area contributed by atoms with Gasteiger partial charge < -0.3 is 5.32 Å². The quantitative estimate of drug-likeness (QED) is 0.841. The first kappa shape index (κ1) is 18.1. The van der Waals surface area contributed by atoms with Crippen LogP contribution in [0.2, 0.25) is 0 Å². The van der Waals surface area contributed by atoms with E-state index in [1.807, 2.05) is 19.9 Å². The van der Waals surface area contributed by atoms with Crippen molar-refractivity contribution in [2.45, 2.75) is 38.1 Å². The summed E-state index contributed by atoms with van der Waals surface area (Å²) in [7, 11) is -3.57. The van der Waals surface area contributed by atoms with Gasteiger partial charge in [0.15, 0.2) is 0 Å². The Balaban J connectivity index is 2.14. The molecule has 2 aromatic rings. The highest BCUT2D eigenvalue weighted by molar-refractivity contribution is 7.89. The van der Waals surface area contributed by atoms with Crippen LogP contribution < -0.4 is 10.0 Å². The summed E-state index contributed by atoms with van der Waals surface area (Å²) < 4.78 is 27.0. The van der Waals surface area contributed by atoms with Crippen LogP contribution in [0.4, 0.5) is 5.82 Å². The molecule has 0 aliphatic carbocycles. The first-order valence-electron chi connectivity index (χ1n) is 7.69. The minimum Gasteiger partial charge on any atom is -0.306 e. The number of hydrogen-bond donors (Lipinski definition) is 2. The van der Waals surface area contributed by atoms with E-state index in [1.54, 1.807) is 19.2 Å². The summed E-state index contributed by atoms with van der Waals surface area (Å²) in [6, 6.07) is 9.30. The van der Waals surface area contributed by atoms with Gasteiger partial charge >= 0.3 is 0 Å². The summed E-state index contributed by atoms with van der Waals surface area (Å²) in [6.45, 7) is 5.55. The van der Waals surface area contributed by atoms with Gasteiger partial charge in [-0.1, -0.05) is 13.0 Å². The van der Waals surface area contributed by atoms with E-state index in [4.69, 9.17) is 0 Å². The van der Waals surface area contributed by atoms with Crippen molar-refractivity contribution in [2.75, 3.05) is 5.32 Å². The van der Waals surface area contributed by atoms with Crippen LogP contribution in [0.15, 0.2) is 47.5 Å². The second kappa shape index (κ2) is 7.55. The molecule has 2 rings (SSSR count). The summed E-state index contributed by atoms with van der Waals surface area (Å²) in [4.78, 5) is 16.5. The van der Waals surface area contributed by atoms with Gasteiger partial charge in [-0.05, 0) is 56.2 Å². The Morgan fingerprint density at radius 3 is 2.46 bits per heavy atom. The Hall–Kier alpha value is -2.25. The van der Waals surface area contributed by atoms with Gasteiger partial charge in [0, 0.05) is 17.8 Å². The molecule has 1 atom stereocenters. The normalized spacial score (nSPS) is 12.6. The number of anilines is 1. The van der Waals surface area contributed by atoms with E-state index in [1.165, 1.54) is 24.3 Å². The molecule has 0 radical (unpaired) electrons. The number of nitrogens with zero attached hydrogens (tertiary/aromatic N) is 1. The third-order valence-electron chi connectivity index (χ3n) is 3.64. The molecule has 0 aliphatic heterocycles. The highest BCUT2D eigenvalue weighted by Crippen LogP contribution is 2.14. The van der Waals surface area contributed by atoms with Crippen molar-refractivity contribution in [3.8, 4) is 0 Å². The van der Waals surface area contributed by atoms with Crippen molar-refractivity contribution in [2.24, 2.45) is 0 Å². The molecular weight excluding hydrogens is 326 g/mol. The largest absolute Gasteiger partial charge is 0.306 e. The van der Waals surface area contributed by atoms with E-state index in [9.17, 15) is 13.2 Å². The van der Waals surface area contributed by atoms with Crippen LogP contribution in [-0.4, -0.2) is 25.4 Å². The Morgan fingerprint density at radius 1 is 1.21 bits per heavy atom. The molecule has 0 aliphatic rings. The van der Waals surface area contributed by atoms with Gasteiger partial charge in [-0.2, -0.15) is 0 Å². The number of nitrogens with one attached hydrogen (secondary N) is 2. The van der Waals surface area contributed by atoms with Crippen molar-refractivity contribution < 1.29 is 13.2 Å². The molecule has 1 amide bonds. The van der Waals surface area contributed by atoms with Crippen LogP contribution in [0.1, 0.15) is 36.2 Å². The van der Waals surface area contributed by atoms with Crippen molar-refractivity contribution >= 4 is 21.7 Å². The fraction of sp³-hybridized carbons (Fsp3) is 0.294. The first-order chi connectivity index (χ1) is 11.3. The van der Waals surface area contributed by atoms with Crippen molar-refractivity contribution in [1.29, 1.82) is 0 Å². The lowest BCUT2D eigenvalue weighted by molar-refractivity contribution is 0.102. The molecule has 0 saturated carbocycles. The molecule has 1 unspecified atom stereocenters. The highest BCUT2D eigenvalue weighted by Gasteiger charge is 2.17. The van der Waals surface area contributed by atoms with Gasteiger partial charge in [-0.15, -0.1) is 0 Å². The topological polar surface area (TPSA) is 88.2 Å². The maximum absolute atomic E-state index is 12.2. The standard InChI is InChI=1S/C17H21N3O3S/c1-4-13(3)20-24(22,23)15-9-7-14(8-10-15)17(21)19-16-12(2)6-5-11-18-16/h5-11,13,20H,4H2,1-3H3,(H,18,19,21). The van der Waals surface area contributed by atoms with Crippen molar-refractivity contribution in [3.63, 3.8) is 0 Å². The van der Waals surface area contributed by atoms with Crippen LogP contribution in [0.5, 0.6) is 0 Å². The number of pyridine rings is 1. The number of amides is 1. The number of aryl methyl sites for hydroxylation is 1. The van der Waals surface area contributed by atoms with Gasteiger partial charge in [-0.3, -0.25) is 4.79 Å². The smallest absolute Gasteiger partial charge is 0.256 e. The average Bonchev–Trinajstić information content (AvgIpc) is 2.56. The molecule has 6 nitrogen and oxygen atoms in total. The summed E-state index contributed by atoms with van der Waals surface area (Å²) in [6.07, 6.45) is 2.29. The lowest BCUT2D eigenvalue weighted by atomic mass is 10.2. The molecule has 0 fully saturated rings. The van der Waals surface area contributed by atoms with Crippen LogP contribution >= 0.6 is 0 Å². The number of aromatic nitrogens is 1. The lowest BCUT2D eigenvalue weighted by Gasteiger charge is -2.12. The number of rotatable bonds is 6. The summed E-state index contributed by atoms with van der Waals surface area (Å²) in [5.41, 5.74) is 1.21. The van der Waals surface area contributed by atoms with E-state index in [0.717, 1.165) is 5.56 Å². The number of sulfonamides is 1. The predicted octanol–water partition coefficient (Wildman–Crippen LogP) is 2.72. The zero-order valence-electron chi connectivity index (χ0n) is 13.9. The number of carbonyl (C=O) groups is 1. The maximum Gasteiger partial charge on any atom is 0.256 e. The molecule has 1 heterocycles. The molecule has 128 valence electrons. The molecule has 1 aromatic carbocycles. The van der Waals surface area contributed by atoms with Crippen LogP contribution in [0.3, 0.4) is 0 Å². The van der Waals surface area contributed by atoms with Gasteiger partial charge in [-0.25, -0.2) is 18.1 Å². The SMILES string of the molecule is CCC(C)NS(=O)(=O)c1ccc(C(=O)Nc2ncccc2C)cc1. The summed E-state index contributed by atoms with van der Waals surface area (Å²) >= 11 is 0. The predicted molar refractivity (Wildman–Crippen MR) is 93.4 cm³/mol. The monoisotopic (exact) mass is 347 g/mol. The minimum absolute atomic E-state index is 0.133. The zero-order chi connectivity index (χ0) is 17.7. The second-order valence-electron chi connectivity index (χ2n) is 5.58. The van der Waals surface area contributed by atoms with Crippen LogP contribution in [0.25, 0.3) is 0 Å². The number of carbonyl (C=O) groups excluding carboxylic acids is 1. The van der Waals surface area contributed by atoms with Gasteiger partial charge in [0.1, 0.15) is 5.82 Å². The van der Waals surface area contributed by atoms with Crippen LogP contribution in [0, 0.1) is 6.92 Å². The molecule has 2 N–H and O–H groups in total. The molecule has 0 spiro atoms. The van der Waals surface area contributed by atoms with E-state index in [2.05, 4.69) is 15.0 Å². The maximum atomic E-state index is 12.2. The Labute approximate surface area is 142 Å². The lowest BCUT2D eigenvalue weighted by Crippen LogP contribution is -2.32. The fourth-order valence-electron chi connectivity index (χ4n) is 2.00. The molecule has 0 bridgehead atoms. The van der Waals surface area contributed by atoms with Gasteiger partial charge in [0.25, 0.3) is 5.91 Å². The van der Waals surface area contributed by atoms with Crippen molar-refractivity contribution in [3.05, 3.63) is 53.7 Å². The molecular formula is C17H21N3O3S. The van der Waals surface area contributed by atoms with Crippen molar-refractivity contribution in [1.82, 2.24) is 9.71 Å². The fourth-order valence-corrected chi connectivity index (χ4v) is 3.32. The van der Waals surface area contributed by atoms with E-state index < -0.39 is 10.0 Å². The molecule has 7 heteroatoms. The first-order valence-corrected chi connectivity index (χ1v) is 9.17.